The molecule has 8 heteroatoms. The molecule has 2 saturated heterocycles. The van der Waals surface area contributed by atoms with Crippen molar-refractivity contribution in [3.63, 3.8) is 0 Å². The molecule has 0 saturated carbocycles. The lowest BCUT2D eigenvalue weighted by molar-refractivity contribution is -0.123. The predicted molar refractivity (Wildman–Crippen MR) is 119 cm³/mol. The van der Waals surface area contributed by atoms with E-state index in [0.29, 0.717) is 43.4 Å². The number of thioether (sulfide) groups is 1. The largest absolute Gasteiger partial charge is 0.379 e. The fraction of sp³-hybridized carbons (Fsp3) is 0.261. The van der Waals surface area contributed by atoms with Crippen LogP contribution in [0.15, 0.2) is 71.3 Å². The molecule has 0 radical (unpaired) electrons. The monoisotopic (exact) mass is 434 g/mol. The van der Waals surface area contributed by atoms with E-state index in [-0.39, 0.29) is 11.5 Å². The van der Waals surface area contributed by atoms with Crippen LogP contribution >= 0.6 is 11.8 Å². The van der Waals surface area contributed by atoms with Crippen LogP contribution in [0.3, 0.4) is 0 Å². The number of rotatable bonds is 5. The van der Waals surface area contributed by atoms with Crippen LogP contribution in [0.4, 0.5) is 5.69 Å². The van der Waals surface area contributed by atoms with E-state index in [1.165, 1.54) is 16.7 Å². The second-order valence-corrected chi connectivity index (χ2v) is 8.33. The predicted octanol–water partition coefficient (Wildman–Crippen LogP) is 2.48. The zero-order valence-electron chi connectivity index (χ0n) is 16.9. The summed E-state index contributed by atoms with van der Waals surface area (Å²) in [5.41, 5.74) is 4.38. The van der Waals surface area contributed by atoms with Crippen molar-refractivity contribution in [2.45, 2.75) is 11.7 Å². The minimum atomic E-state index is -0.513. The molecule has 31 heavy (non-hydrogen) atoms. The number of nitrogens with zero attached hydrogens (tertiary/aromatic N) is 3. The van der Waals surface area contributed by atoms with Crippen molar-refractivity contribution in [2.24, 2.45) is 0 Å². The Morgan fingerprint density at radius 1 is 1.10 bits per heavy atom. The Morgan fingerprint density at radius 3 is 2.39 bits per heavy atom. The minimum Gasteiger partial charge on any atom is -0.379 e. The first-order valence-corrected chi connectivity index (χ1v) is 10.9. The molecule has 1 N–H and O–H groups in total. The van der Waals surface area contributed by atoms with Gasteiger partial charge in [-0.15, -0.1) is 0 Å². The second kappa shape index (κ2) is 9.79. The number of hydrazine groups is 1. The highest BCUT2D eigenvalue weighted by atomic mass is 32.2. The molecule has 0 unspecified atom stereocenters. The summed E-state index contributed by atoms with van der Waals surface area (Å²) in [7, 11) is 0. The Balaban J connectivity index is 1.66. The molecular weight excluding hydrogens is 412 g/mol. The van der Waals surface area contributed by atoms with Crippen LogP contribution < -0.4 is 10.3 Å². The number of ether oxygens (including phenoxy) is 1. The van der Waals surface area contributed by atoms with E-state index in [9.17, 15) is 14.9 Å². The van der Waals surface area contributed by atoms with Crippen LogP contribution in [0.1, 0.15) is 5.56 Å². The average molecular weight is 435 g/mol. The number of anilines is 1. The number of hydrogen-bond donors (Lipinski definition) is 1. The first-order valence-electron chi connectivity index (χ1n) is 10.0. The Hall–Kier alpha value is -3.12. The number of para-hydroxylation sites is 1. The van der Waals surface area contributed by atoms with E-state index in [1.807, 2.05) is 54.6 Å². The van der Waals surface area contributed by atoms with Gasteiger partial charge in [-0.1, -0.05) is 60.3 Å². The van der Waals surface area contributed by atoms with Crippen molar-refractivity contribution in [1.82, 2.24) is 10.4 Å². The van der Waals surface area contributed by atoms with Gasteiger partial charge in [0.25, 0.3) is 5.91 Å². The molecule has 2 aromatic carbocycles. The number of morpholine rings is 1. The number of amides is 2. The summed E-state index contributed by atoms with van der Waals surface area (Å²) in [4.78, 5) is 27.8. The highest BCUT2D eigenvalue weighted by molar-refractivity contribution is 8.05. The number of carbonyl (C=O) groups excluding carboxylic acids is 2. The molecule has 2 aliphatic heterocycles. The molecule has 0 bridgehead atoms. The maximum Gasteiger partial charge on any atom is 0.278 e. The summed E-state index contributed by atoms with van der Waals surface area (Å²) < 4.78 is 5.30. The Kier molecular flexibility index (Phi) is 6.67. The maximum absolute atomic E-state index is 13.4. The van der Waals surface area contributed by atoms with Gasteiger partial charge in [-0.2, -0.15) is 5.26 Å². The summed E-state index contributed by atoms with van der Waals surface area (Å²) in [5, 5.41) is 11.5. The van der Waals surface area contributed by atoms with Gasteiger partial charge in [-0.3, -0.25) is 19.9 Å². The van der Waals surface area contributed by atoms with Gasteiger partial charge in [0.1, 0.15) is 16.7 Å². The molecule has 0 aliphatic carbocycles. The van der Waals surface area contributed by atoms with Crippen molar-refractivity contribution >= 4 is 29.3 Å². The van der Waals surface area contributed by atoms with E-state index in [1.54, 1.807) is 17.1 Å². The third-order valence-corrected chi connectivity index (χ3v) is 6.32. The van der Waals surface area contributed by atoms with Gasteiger partial charge in [0.2, 0.25) is 5.91 Å². The maximum atomic E-state index is 13.4. The van der Waals surface area contributed by atoms with Gasteiger partial charge >= 0.3 is 0 Å². The highest BCUT2D eigenvalue weighted by Crippen LogP contribution is 2.41. The second-order valence-electron chi connectivity index (χ2n) is 7.14. The molecule has 2 fully saturated rings. The van der Waals surface area contributed by atoms with Gasteiger partial charge < -0.3 is 4.74 Å². The van der Waals surface area contributed by atoms with Gasteiger partial charge in [-0.05, 0) is 24.1 Å². The van der Waals surface area contributed by atoms with Crippen molar-refractivity contribution in [1.29, 1.82) is 5.26 Å². The Morgan fingerprint density at radius 2 is 1.74 bits per heavy atom. The molecule has 4 rings (SSSR count). The smallest absolute Gasteiger partial charge is 0.278 e. The number of nitriles is 1. The van der Waals surface area contributed by atoms with Crippen LogP contribution in [0.5, 0.6) is 0 Å². The lowest BCUT2D eigenvalue weighted by atomic mass is 10.1. The molecule has 2 aromatic rings. The summed E-state index contributed by atoms with van der Waals surface area (Å²) >= 11 is 1.27. The van der Waals surface area contributed by atoms with Gasteiger partial charge in [0, 0.05) is 18.8 Å². The van der Waals surface area contributed by atoms with Crippen LogP contribution in [0.25, 0.3) is 0 Å². The molecule has 2 aliphatic rings. The summed E-state index contributed by atoms with van der Waals surface area (Å²) in [6.07, 6.45) is 0.515. The molecule has 7 nitrogen and oxygen atoms in total. The third kappa shape index (κ3) is 4.80. The van der Waals surface area contributed by atoms with Crippen molar-refractivity contribution in [3.05, 3.63) is 76.8 Å². The number of hydrogen-bond acceptors (Lipinski definition) is 6. The lowest BCUT2D eigenvalue weighted by Gasteiger charge is -2.27. The minimum absolute atomic E-state index is 0.0655. The molecule has 1 atom stereocenters. The van der Waals surface area contributed by atoms with Crippen LogP contribution in [0, 0.1) is 11.3 Å². The summed E-state index contributed by atoms with van der Waals surface area (Å²) in [6.45, 7) is 2.12. The van der Waals surface area contributed by atoms with E-state index in [0.717, 1.165) is 5.56 Å². The number of benzene rings is 2. The van der Waals surface area contributed by atoms with E-state index in [2.05, 4.69) is 5.43 Å². The number of carbonyl (C=O) groups is 2. The van der Waals surface area contributed by atoms with E-state index < -0.39 is 11.2 Å². The van der Waals surface area contributed by atoms with Crippen molar-refractivity contribution in [3.8, 4) is 6.07 Å². The Labute approximate surface area is 185 Å². The van der Waals surface area contributed by atoms with E-state index in [4.69, 9.17) is 4.74 Å². The summed E-state index contributed by atoms with van der Waals surface area (Å²) in [5.74, 6) is -0.650. The SMILES string of the molecule is N#C/C(C(=O)NN1CCOCC1)=C1\S[C@@H](Cc2ccccc2)C(=O)N1c1ccccc1. The third-order valence-electron chi connectivity index (χ3n) is 5.05. The standard InChI is InChI=1S/C23H22N4O3S/c24-16-19(21(28)25-26-11-13-30-14-12-26)23-27(18-9-5-2-6-10-18)22(29)20(31-23)15-17-7-3-1-4-8-17/h1-10,20H,11-15H2,(H,25,28)/b23-19+/t20-/m0/s1. The van der Waals surface area contributed by atoms with Crippen LogP contribution in [0.2, 0.25) is 0 Å². The van der Waals surface area contributed by atoms with Gasteiger partial charge in [0.15, 0.2) is 0 Å². The normalized spacial score (nSPS) is 20.9. The van der Waals surface area contributed by atoms with Gasteiger partial charge in [0.05, 0.1) is 18.5 Å². The fourth-order valence-corrected chi connectivity index (χ4v) is 4.81. The highest BCUT2D eigenvalue weighted by Gasteiger charge is 2.40. The zero-order chi connectivity index (χ0) is 21.6. The molecule has 2 amide bonds. The lowest BCUT2D eigenvalue weighted by Crippen LogP contribution is -2.49. The average Bonchev–Trinajstić information content (AvgIpc) is 3.11. The molecule has 2 heterocycles. The molecule has 0 spiro atoms. The fourth-order valence-electron chi connectivity index (χ4n) is 3.50. The van der Waals surface area contributed by atoms with Crippen molar-refractivity contribution < 1.29 is 14.3 Å². The topological polar surface area (TPSA) is 85.7 Å². The first kappa shape index (κ1) is 21.1. The zero-order valence-corrected chi connectivity index (χ0v) is 17.7. The first-order chi connectivity index (χ1) is 15.2. The quantitative estimate of drug-likeness (QED) is 0.575. The van der Waals surface area contributed by atoms with Crippen LogP contribution in [-0.4, -0.2) is 48.4 Å². The number of nitrogens with one attached hydrogen (secondary N) is 1. The molecular formula is C23H22N4O3S. The molecule has 158 valence electrons. The summed E-state index contributed by atoms with van der Waals surface area (Å²) in [6, 6.07) is 20.9. The van der Waals surface area contributed by atoms with Crippen LogP contribution in [-0.2, 0) is 20.7 Å². The van der Waals surface area contributed by atoms with Gasteiger partial charge in [-0.25, -0.2) is 5.01 Å². The molecule has 0 aromatic heterocycles. The van der Waals surface area contributed by atoms with Crippen molar-refractivity contribution in [2.75, 3.05) is 31.2 Å². The Bertz CT molecular complexity index is 1010. The van der Waals surface area contributed by atoms with E-state index >= 15 is 0 Å².